The molecule has 108 valence electrons. The molecular weight excluding hydrogens is 262 g/mol. The van der Waals surface area contributed by atoms with Gasteiger partial charge in [-0.25, -0.2) is 0 Å². The highest BCUT2D eigenvalue weighted by molar-refractivity contribution is 7.17. The van der Waals surface area contributed by atoms with Crippen LogP contribution in [0.3, 0.4) is 0 Å². The summed E-state index contributed by atoms with van der Waals surface area (Å²) in [5.41, 5.74) is 1.87. The molecule has 0 saturated heterocycles. The number of hydrogen-bond acceptors (Lipinski definition) is 2. The van der Waals surface area contributed by atoms with Crippen molar-refractivity contribution in [1.82, 2.24) is 5.32 Å². The second-order valence-electron chi connectivity index (χ2n) is 6.90. The fraction of sp³-hybridized carbons (Fsp3) is 0.556. The maximum atomic E-state index is 3.74. The predicted octanol–water partition coefficient (Wildman–Crippen LogP) is 4.86. The number of fused-ring (bicyclic) bond motifs is 1. The molecule has 20 heavy (non-hydrogen) atoms. The van der Waals surface area contributed by atoms with Crippen LogP contribution in [0.4, 0.5) is 0 Å². The quantitative estimate of drug-likeness (QED) is 0.800. The molecule has 1 aromatic heterocycles. The van der Waals surface area contributed by atoms with Gasteiger partial charge in [0.1, 0.15) is 0 Å². The van der Waals surface area contributed by atoms with Gasteiger partial charge in [0.25, 0.3) is 0 Å². The Kier molecular flexibility index (Phi) is 3.87. The highest BCUT2D eigenvalue weighted by Gasteiger charge is 2.32. The van der Waals surface area contributed by atoms with Crippen LogP contribution in [0.2, 0.25) is 0 Å². The second-order valence-corrected chi connectivity index (χ2v) is 7.81. The Morgan fingerprint density at radius 3 is 2.75 bits per heavy atom. The molecule has 0 bridgehead atoms. The molecule has 1 aliphatic rings. The maximum absolute atomic E-state index is 3.74. The van der Waals surface area contributed by atoms with Crippen LogP contribution in [0.1, 0.15) is 39.2 Å². The van der Waals surface area contributed by atoms with E-state index in [-0.39, 0.29) is 0 Å². The lowest BCUT2D eigenvalue weighted by atomic mass is 9.74. The summed E-state index contributed by atoms with van der Waals surface area (Å²) in [7, 11) is 0. The van der Waals surface area contributed by atoms with Crippen molar-refractivity contribution in [2.24, 2.45) is 11.3 Å². The molecule has 1 nitrogen and oxygen atoms in total. The molecule has 0 aliphatic heterocycles. The van der Waals surface area contributed by atoms with Crippen LogP contribution in [0, 0.1) is 11.3 Å². The third-order valence-electron chi connectivity index (χ3n) is 4.92. The minimum atomic E-state index is 0.340. The molecule has 1 atom stereocenters. The Morgan fingerprint density at radius 2 is 2.05 bits per heavy atom. The van der Waals surface area contributed by atoms with Gasteiger partial charge in [0, 0.05) is 17.3 Å². The molecule has 2 aromatic rings. The fourth-order valence-electron chi connectivity index (χ4n) is 2.74. The van der Waals surface area contributed by atoms with E-state index < -0.39 is 0 Å². The lowest BCUT2D eigenvalue weighted by Crippen LogP contribution is -2.38. The Balaban J connectivity index is 1.81. The Hall–Kier alpha value is -0.860. The molecule has 1 N–H and O–H groups in total. The van der Waals surface area contributed by atoms with Crippen molar-refractivity contribution >= 4 is 21.4 Å². The number of rotatable bonds is 6. The molecule has 2 heteroatoms. The van der Waals surface area contributed by atoms with Crippen molar-refractivity contribution in [1.29, 1.82) is 0 Å². The average Bonchev–Trinajstić information content (AvgIpc) is 3.19. The summed E-state index contributed by atoms with van der Waals surface area (Å²) in [5, 5.41) is 7.56. The van der Waals surface area contributed by atoms with Crippen molar-refractivity contribution in [2.45, 2.75) is 46.1 Å². The van der Waals surface area contributed by atoms with E-state index in [1.54, 1.807) is 0 Å². The van der Waals surface area contributed by atoms with E-state index in [0.29, 0.717) is 11.3 Å². The molecule has 1 fully saturated rings. The second kappa shape index (κ2) is 5.50. The van der Waals surface area contributed by atoms with E-state index in [1.165, 1.54) is 34.9 Å². The Bertz CT molecular complexity index is 582. The zero-order chi connectivity index (χ0) is 14.2. The van der Waals surface area contributed by atoms with E-state index in [0.717, 1.165) is 12.6 Å². The zero-order valence-corrected chi connectivity index (χ0v) is 13.6. The standard InChI is InChI=1S/C18H25NS/c1-13(2)18(3,12-19-15-8-9-15)10-14-11-20-17-7-5-4-6-16(14)17/h4-7,11,13,15,19H,8-10,12H2,1-3H3. The lowest BCUT2D eigenvalue weighted by molar-refractivity contribution is 0.207. The molecule has 1 aliphatic carbocycles. The van der Waals surface area contributed by atoms with Gasteiger partial charge in [0.05, 0.1) is 0 Å². The summed E-state index contributed by atoms with van der Waals surface area (Å²) in [6, 6.07) is 9.61. The predicted molar refractivity (Wildman–Crippen MR) is 89.5 cm³/mol. The van der Waals surface area contributed by atoms with Gasteiger partial charge >= 0.3 is 0 Å². The van der Waals surface area contributed by atoms with Crippen molar-refractivity contribution in [3.05, 3.63) is 35.2 Å². The van der Waals surface area contributed by atoms with Crippen molar-refractivity contribution < 1.29 is 0 Å². The maximum Gasteiger partial charge on any atom is 0.0345 e. The minimum Gasteiger partial charge on any atom is -0.313 e. The fourth-order valence-corrected chi connectivity index (χ4v) is 3.70. The van der Waals surface area contributed by atoms with E-state index >= 15 is 0 Å². The smallest absolute Gasteiger partial charge is 0.0345 e. The molecule has 1 unspecified atom stereocenters. The van der Waals surface area contributed by atoms with Crippen LogP contribution in [0.25, 0.3) is 10.1 Å². The molecule has 0 radical (unpaired) electrons. The van der Waals surface area contributed by atoms with Gasteiger partial charge in [0.2, 0.25) is 0 Å². The first-order chi connectivity index (χ1) is 9.58. The molecule has 0 amide bonds. The summed E-state index contributed by atoms with van der Waals surface area (Å²) < 4.78 is 1.42. The molecule has 1 heterocycles. The molecular formula is C18H25NS. The summed E-state index contributed by atoms with van der Waals surface area (Å²) in [5.74, 6) is 0.687. The van der Waals surface area contributed by atoms with E-state index in [4.69, 9.17) is 0 Å². The first-order valence-corrected chi connectivity index (χ1v) is 8.65. The third kappa shape index (κ3) is 2.91. The summed E-state index contributed by atoms with van der Waals surface area (Å²) >= 11 is 1.88. The molecule has 1 aromatic carbocycles. The number of hydrogen-bond donors (Lipinski definition) is 1. The van der Waals surface area contributed by atoms with Gasteiger partial charge in [-0.3, -0.25) is 0 Å². The van der Waals surface area contributed by atoms with E-state index in [1.807, 2.05) is 11.3 Å². The normalized spacial score (nSPS) is 18.6. The molecule has 1 saturated carbocycles. The first kappa shape index (κ1) is 14.1. The van der Waals surface area contributed by atoms with Crippen LogP contribution in [-0.2, 0) is 6.42 Å². The largest absolute Gasteiger partial charge is 0.313 e. The topological polar surface area (TPSA) is 12.0 Å². The van der Waals surface area contributed by atoms with Crippen LogP contribution >= 0.6 is 11.3 Å². The van der Waals surface area contributed by atoms with Crippen LogP contribution in [0.15, 0.2) is 29.6 Å². The Labute approximate surface area is 126 Å². The minimum absolute atomic E-state index is 0.340. The first-order valence-electron chi connectivity index (χ1n) is 7.77. The van der Waals surface area contributed by atoms with Gasteiger partial charge in [-0.15, -0.1) is 11.3 Å². The van der Waals surface area contributed by atoms with Crippen molar-refractivity contribution in [2.75, 3.05) is 6.54 Å². The van der Waals surface area contributed by atoms with Crippen molar-refractivity contribution in [3.8, 4) is 0 Å². The van der Waals surface area contributed by atoms with Gasteiger partial charge < -0.3 is 5.32 Å². The SMILES string of the molecule is CC(C)C(C)(CNC1CC1)Cc1csc2ccccc12. The number of nitrogens with one attached hydrogen (secondary N) is 1. The third-order valence-corrected chi connectivity index (χ3v) is 5.93. The highest BCUT2D eigenvalue weighted by atomic mass is 32.1. The Morgan fingerprint density at radius 1 is 1.30 bits per heavy atom. The van der Waals surface area contributed by atoms with Gasteiger partial charge in [-0.2, -0.15) is 0 Å². The van der Waals surface area contributed by atoms with Gasteiger partial charge in [-0.05, 0) is 53.0 Å². The number of benzene rings is 1. The number of thiophene rings is 1. The van der Waals surface area contributed by atoms with Gasteiger partial charge in [0.15, 0.2) is 0 Å². The van der Waals surface area contributed by atoms with Crippen LogP contribution in [0.5, 0.6) is 0 Å². The monoisotopic (exact) mass is 287 g/mol. The highest BCUT2D eigenvalue weighted by Crippen LogP contribution is 2.36. The van der Waals surface area contributed by atoms with Crippen LogP contribution in [-0.4, -0.2) is 12.6 Å². The van der Waals surface area contributed by atoms with Crippen molar-refractivity contribution in [3.63, 3.8) is 0 Å². The summed E-state index contributed by atoms with van der Waals surface area (Å²) in [4.78, 5) is 0. The summed E-state index contributed by atoms with van der Waals surface area (Å²) in [6.45, 7) is 8.31. The van der Waals surface area contributed by atoms with E-state index in [2.05, 4.69) is 55.7 Å². The van der Waals surface area contributed by atoms with Gasteiger partial charge in [-0.1, -0.05) is 39.0 Å². The lowest BCUT2D eigenvalue weighted by Gasteiger charge is -2.34. The van der Waals surface area contributed by atoms with Crippen LogP contribution < -0.4 is 5.32 Å². The molecule has 0 spiro atoms. The average molecular weight is 287 g/mol. The summed E-state index contributed by atoms with van der Waals surface area (Å²) in [6.07, 6.45) is 3.92. The zero-order valence-electron chi connectivity index (χ0n) is 12.8. The molecule has 3 rings (SSSR count). The van der Waals surface area contributed by atoms with E-state index in [9.17, 15) is 0 Å².